The van der Waals surface area contributed by atoms with Crippen molar-refractivity contribution in [1.29, 1.82) is 0 Å². The van der Waals surface area contributed by atoms with Gasteiger partial charge in [0, 0.05) is 0 Å². The third kappa shape index (κ3) is 6.23. The fraction of sp³-hybridized carbons (Fsp3) is 0.188. The van der Waals surface area contributed by atoms with Crippen molar-refractivity contribution in [2.75, 3.05) is 16.9 Å². The van der Waals surface area contributed by atoms with Gasteiger partial charge < -0.3 is 9.75 Å². The highest BCUT2D eigenvalue weighted by molar-refractivity contribution is 5.89. The summed E-state index contributed by atoms with van der Waals surface area (Å²) in [6.07, 6.45) is -0.537. The minimum absolute atomic E-state index is 0. The number of carbonyl (C=O) groups is 1. The second kappa shape index (κ2) is 10.7. The van der Waals surface area contributed by atoms with Crippen molar-refractivity contribution < 1.29 is 13.9 Å². The smallest absolute Gasteiger partial charge is 0.411 e. The Morgan fingerprint density at radius 1 is 1.17 bits per heavy atom. The van der Waals surface area contributed by atoms with Crippen LogP contribution in [0.1, 0.15) is 12.5 Å². The number of anilines is 2. The molecule has 0 aliphatic rings. The number of rotatable bonds is 5. The van der Waals surface area contributed by atoms with E-state index in [2.05, 4.69) is 5.32 Å². The molecule has 0 radical (unpaired) electrons. The molecule has 3 N–H and O–H groups in total. The first kappa shape index (κ1) is 22.0. The van der Waals surface area contributed by atoms with Crippen LogP contribution in [0.5, 0.6) is 0 Å². The Morgan fingerprint density at radius 3 is 2.42 bits per heavy atom. The van der Waals surface area contributed by atoms with E-state index in [4.69, 9.17) is 10.6 Å². The minimum atomic E-state index is -0.537. The lowest BCUT2D eigenvalue weighted by Gasteiger charge is -2.22. The summed E-state index contributed by atoms with van der Waals surface area (Å²) in [7, 11) is 0. The summed E-state index contributed by atoms with van der Waals surface area (Å²) in [5.41, 5.74) is 2.04. The van der Waals surface area contributed by atoms with Crippen LogP contribution in [0.25, 0.3) is 0 Å². The zero-order valence-electron chi connectivity index (χ0n) is 13.1. The summed E-state index contributed by atoms with van der Waals surface area (Å²) in [4.78, 5) is 11.5. The fourth-order valence-corrected chi connectivity index (χ4v) is 1.98. The van der Waals surface area contributed by atoms with Gasteiger partial charge in [0.1, 0.15) is 5.82 Å². The maximum absolute atomic E-state index is 12.9. The Kier molecular flexibility index (Phi) is 9.80. The van der Waals surface area contributed by atoms with Crippen molar-refractivity contribution >= 4 is 42.3 Å². The third-order valence-corrected chi connectivity index (χ3v) is 2.99. The van der Waals surface area contributed by atoms with Crippen LogP contribution in [0.2, 0.25) is 0 Å². The molecule has 132 valence electrons. The van der Waals surface area contributed by atoms with Gasteiger partial charge in [-0.05, 0) is 36.8 Å². The van der Waals surface area contributed by atoms with Crippen LogP contribution in [-0.4, -0.2) is 12.7 Å². The van der Waals surface area contributed by atoms with E-state index in [0.29, 0.717) is 17.9 Å². The van der Waals surface area contributed by atoms with E-state index in [1.54, 1.807) is 37.3 Å². The van der Waals surface area contributed by atoms with Gasteiger partial charge in [-0.25, -0.2) is 15.0 Å². The number of ether oxygens (including phenoxy) is 1. The van der Waals surface area contributed by atoms with Gasteiger partial charge in [-0.3, -0.25) is 5.32 Å². The van der Waals surface area contributed by atoms with E-state index < -0.39 is 6.09 Å². The lowest BCUT2D eigenvalue weighted by atomic mass is 10.2. The van der Waals surface area contributed by atoms with Crippen LogP contribution >= 0.6 is 24.8 Å². The van der Waals surface area contributed by atoms with Crippen molar-refractivity contribution in [3.8, 4) is 0 Å². The SMILES string of the molecule is CCOC(=O)Nc1ccccc1N(N)Cc1ccc(F)cc1.Cl.Cl. The zero-order chi connectivity index (χ0) is 15.9. The van der Waals surface area contributed by atoms with Crippen LogP contribution in [0.15, 0.2) is 48.5 Å². The Morgan fingerprint density at radius 2 is 1.79 bits per heavy atom. The molecule has 0 aliphatic carbocycles. The van der Waals surface area contributed by atoms with Crippen LogP contribution in [0.3, 0.4) is 0 Å². The van der Waals surface area contributed by atoms with Gasteiger partial charge in [0.05, 0.1) is 24.5 Å². The summed E-state index contributed by atoms with van der Waals surface area (Å²) in [6, 6.07) is 13.2. The van der Waals surface area contributed by atoms with Crippen LogP contribution in [0, 0.1) is 5.82 Å². The molecule has 0 saturated heterocycles. The van der Waals surface area contributed by atoms with E-state index in [-0.39, 0.29) is 37.2 Å². The molecule has 24 heavy (non-hydrogen) atoms. The van der Waals surface area contributed by atoms with Crippen LogP contribution in [-0.2, 0) is 11.3 Å². The number of benzene rings is 2. The molecule has 2 aromatic carbocycles. The molecule has 0 spiro atoms. The Labute approximate surface area is 152 Å². The monoisotopic (exact) mass is 375 g/mol. The Bertz CT molecular complexity index is 641. The molecule has 0 unspecified atom stereocenters. The molecular formula is C16H20Cl2FN3O2. The first-order valence-corrected chi connectivity index (χ1v) is 6.89. The number of hydrogen-bond acceptors (Lipinski definition) is 4. The van der Waals surface area contributed by atoms with Gasteiger partial charge in [0.2, 0.25) is 0 Å². The first-order chi connectivity index (χ1) is 10.6. The van der Waals surface area contributed by atoms with Gasteiger partial charge in [0.15, 0.2) is 0 Å². The van der Waals surface area contributed by atoms with E-state index in [0.717, 1.165) is 5.56 Å². The van der Waals surface area contributed by atoms with Gasteiger partial charge in [-0.2, -0.15) is 0 Å². The quantitative estimate of drug-likeness (QED) is 0.609. The van der Waals surface area contributed by atoms with E-state index in [9.17, 15) is 9.18 Å². The van der Waals surface area contributed by atoms with E-state index >= 15 is 0 Å². The van der Waals surface area contributed by atoms with Crippen LogP contribution < -0.4 is 16.2 Å². The summed E-state index contributed by atoms with van der Waals surface area (Å²) in [6.45, 7) is 2.40. The van der Waals surface area contributed by atoms with Gasteiger partial charge in [-0.1, -0.05) is 24.3 Å². The van der Waals surface area contributed by atoms with E-state index in [1.807, 2.05) is 6.07 Å². The molecule has 0 fully saturated rings. The number of nitrogens with two attached hydrogens (primary N) is 1. The Hall–Kier alpha value is -2.02. The van der Waals surface area contributed by atoms with Crippen molar-refractivity contribution in [3.05, 3.63) is 59.9 Å². The fourth-order valence-electron chi connectivity index (χ4n) is 1.98. The molecule has 0 heterocycles. The molecule has 1 amide bonds. The summed E-state index contributed by atoms with van der Waals surface area (Å²) in [5.74, 6) is 5.77. The largest absolute Gasteiger partial charge is 0.450 e. The third-order valence-electron chi connectivity index (χ3n) is 2.99. The number of amides is 1. The molecular weight excluding hydrogens is 356 g/mol. The molecule has 2 aromatic rings. The normalized spacial score (nSPS) is 9.29. The number of hydrogen-bond donors (Lipinski definition) is 2. The second-order valence-electron chi connectivity index (χ2n) is 4.62. The zero-order valence-corrected chi connectivity index (χ0v) is 14.7. The number of nitrogens with zero attached hydrogens (tertiary/aromatic N) is 1. The maximum atomic E-state index is 12.9. The number of carbonyl (C=O) groups excluding carboxylic acids is 1. The molecule has 5 nitrogen and oxygen atoms in total. The molecule has 0 aliphatic heterocycles. The van der Waals surface area contributed by atoms with Crippen molar-refractivity contribution in [2.45, 2.75) is 13.5 Å². The van der Waals surface area contributed by atoms with Crippen molar-refractivity contribution in [1.82, 2.24) is 0 Å². The highest BCUT2D eigenvalue weighted by Gasteiger charge is 2.11. The lowest BCUT2D eigenvalue weighted by molar-refractivity contribution is 0.168. The maximum Gasteiger partial charge on any atom is 0.411 e. The number of halogens is 3. The van der Waals surface area contributed by atoms with Crippen molar-refractivity contribution in [3.63, 3.8) is 0 Å². The summed E-state index contributed by atoms with van der Waals surface area (Å²) >= 11 is 0. The molecule has 2 rings (SSSR count). The Balaban J connectivity index is 0.00000264. The van der Waals surface area contributed by atoms with Gasteiger partial charge in [0.25, 0.3) is 0 Å². The number of nitrogens with one attached hydrogen (secondary N) is 1. The average molecular weight is 376 g/mol. The molecule has 0 atom stereocenters. The number of hydrazine groups is 1. The second-order valence-corrected chi connectivity index (χ2v) is 4.62. The summed E-state index contributed by atoms with van der Waals surface area (Å²) in [5, 5.41) is 4.13. The summed E-state index contributed by atoms with van der Waals surface area (Å²) < 4.78 is 17.8. The van der Waals surface area contributed by atoms with E-state index in [1.165, 1.54) is 17.1 Å². The minimum Gasteiger partial charge on any atom is -0.450 e. The van der Waals surface area contributed by atoms with Gasteiger partial charge in [-0.15, -0.1) is 24.8 Å². The molecule has 8 heteroatoms. The topological polar surface area (TPSA) is 67.6 Å². The standard InChI is InChI=1S/C16H18FN3O2.2ClH/c1-2-22-16(21)19-14-5-3-4-6-15(14)20(18)11-12-7-9-13(17)10-8-12;;/h3-10H,2,11,18H2,1H3,(H,19,21);2*1H. The molecule has 0 bridgehead atoms. The molecule has 0 saturated carbocycles. The predicted octanol–water partition coefficient (Wildman–Crippen LogP) is 4.12. The lowest BCUT2D eigenvalue weighted by Crippen LogP contribution is -2.31. The molecule has 0 aromatic heterocycles. The predicted molar refractivity (Wildman–Crippen MR) is 98.4 cm³/mol. The van der Waals surface area contributed by atoms with Crippen molar-refractivity contribution in [2.24, 2.45) is 5.84 Å². The number of para-hydroxylation sites is 2. The highest BCUT2D eigenvalue weighted by Crippen LogP contribution is 2.25. The van der Waals surface area contributed by atoms with Crippen LogP contribution in [0.4, 0.5) is 20.6 Å². The van der Waals surface area contributed by atoms with Gasteiger partial charge >= 0.3 is 6.09 Å². The highest BCUT2D eigenvalue weighted by atomic mass is 35.5. The average Bonchev–Trinajstić information content (AvgIpc) is 2.50. The first-order valence-electron chi connectivity index (χ1n) is 6.89.